The summed E-state index contributed by atoms with van der Waals surface area (Å²) in [6.45, 7) is 14.8. The van der Waals surface area contributed by atoms with E-state index in [9.17, 15) is 0 Å². The van der Waals surface area contributed by atoms with Crippen LogP contribution in [0.25, 0.3) is 0 Å². The van der Waals surface area contributed by atoms with E-state index in [4.69, 9.17) is 4.74 Å². The van der Waals surface area contributed by atoms with Crippen LogP contribution in [0.1, 0.15) is 41.0 Å². The second kappa shape index (κ2) is 7.67. The van der Waals surface area contributed by atoms with Crippen molar-refractivity contribution >= 4 is 29.9 Å². The Morgan fingerprint density at radius 1 is 1.32 bits per heavy atom. The highest BCUT2D eigenvalue weighted by atomic mass is 127. The number of halogens is 1. The van der Waals surface area contributed by atoms with Crippen molar-refractivity contribution in [1.82, 2.24) is 10.2 Å². The average molecular weight is 383 g/mol. The van der Waals surface area contributed by atoms with Crippen LogP contribution < -0.4 is 5.32 Å². The Morgan fingerprint density at radius 2 is 1.95 bits per heavy atom. The highest BCUT2D eigenvalue weighted by Crippen LogP contribution is 2.46. The second-order valence-corrected chi connectivity index (χ2v) is 6.05. The fourth-order valence-corrected chi connectivity index (χ4v) is 2.21. The molecule has 1 saturated heterocycles. The Morgan fingerprint density at radius 3 is 2.37 bits per heavy atom. The van der Waals surface area contributed by atoms with Gasteiger partial charge >= 0.3 is 0 Å². The number of guanidine groups is 1. The van der Waals surface area contributed by atoms with E-state index in [1.54, 1.807) is 0 Å². The van der Waals surface area contributed by atoms with Gasteiger partial charge in [-0.1, -0.05) is 13.8 Å². The summed E-state index contributed by atoms with van der Waals surface area (Å²) in [5.41, 5.74) is 0.505. The Kier molecular flexibility index (Phi) is 7.65. The van der Waals surface area contributed by atoms with E-state index in [0.717, 1.165) is 38.7 Å². The maximum atomic E-state index is 5.33. The molecular weight excluding hydrogens is 353 g/mol. The molecule has 0 saturated carbocycles. The maximum absolute atomic E-state index is 5.33. The van der Waals surface area contributed by atoms with Crippen LogP contribution in [0.2, 0.25) is 0 Å². The molecule has 0 bridgehead atoms. The summed E-state index contributed by atoms with van der Waals surface area (Å²) in [4.78, 5) is 6.73. The molecule has 0 radical (unpaired) electrons. The molecule has 1 N–H and O–H groups in total. The number of hydrogen-bond donors (Lipinski definition) is 1. The predicted molar refractivity (Wildman–Crippen MR) is 92.5 cm³/mol. The van der Waals surface area contributed by atoms with Gasteiger partial charge in [-0.15, -0.1) is 24.0 Å². The average Bonchev–Trinajstić information content (AvgIpc) is 2.32. The van der Waals surface area contributed by atoms with Crippen molar-refractivity contribution in [2.45, 2.75) is 46.6 Å². The van der Waals surface area contributed by atoms with Crippen LogP contribution in [-0.2, 0) is 4.74 Å². The molecule has 0 unspecified atom stereocenters. The van der Waals surface area contributed by atoms with Crippen LogP contribution in [0.15, 0.2) is 4.99 Å². The molecule has 0 spiro atoms. The molecule has 1 aliphatic heterocycles. The van der Waals surface area contributed by atoms with Crippen molar-refractivity contribution in [3.63, 3.8) is 0 Å². The fourth-order valence-electron chi connectivity index (χ4n) is 2.21. The lowest BCUT2D eigenvalue weighted by Crippen LogP contribution is -2.72. The summed E-state index contributed by atoms with van der Waals surface area (Å²) >= 11 is 0. The number of nitrogens with zero attached hydrogens (tertiary/aromatic N) is 2. The third kappa shape index (κ3) is 4.21. The van der Waals surface area contributed by atoms with Crippen molar-refractivity contribution in [3.05, 3.63) is 0 Å². The molecule has 0 aliphatic carbocycles. The number of ether oxygens (including phenoxy) is 1. The lowest BCUT2D eigenvalue weighted by molar-refractivity contribution is -0.0667. The van der Waals surface area contributed by atoms with Gasteiger partial charge in [0.15, 0.2) is 5.96 Å². The van der Waals surface area contributed by atoms with Gasteiger partial charge in [-0.25, -0.2) is 0 Å². The van der Waals surface area contributed by atoms with E-state index < -0.39 is 0 Å². The molecule has 0 amide bonds. The fraction of sp³-hybridized carbons (Fsp3) is 0.929. The van der Waals surface area contributed by atoms with Gasteiger partial charge in [-0.05, 0) is 27.2 Å². The minimum atomic E-state index is 0. The first-order valence-electron chi connectivity index (χ1n) is 6.93. The molecule has 1 fully saturated rings. The third-order valence-corrected chi connectivity index (χ3v) is 4.30. The summed E-state index contributed by atoms with van der Waals surface area (Å²) < 4.78 is 5.33. The first kappa shape index (κ1) is 19.0. The van der Waals surface area contributed by atoms with Gasteiger partial charge < -0.3 is 15.0 Å². The molecule has 0 aromatic rings. The van der Waals surface area contributed by atoms with Gasteiger partial charge in [0.2, 0.25) is 0 Å². The topological polar surface area (TPSA) is 36.9 Å². The molecule has 1 rings (SSSR count). The van der Waals surface area contributed by atoms with Crippen LogP contribution >= 0.6 is 24.0 Å². The molecule has 0 aromatic heterocycles. The van der Waals surface area contributed by atoms with Gasteiger partial charge in [-0.2, -0.15) is 0 Å². The van der Waals surface area contributed by atoms with E-state index in [-0.39, 0.29) is 29.5 Å². The SMILES string of the molecule is CCOCCCNC(=NC)N1CC(C)(C)C1(C)C.I. The van der Waals surface area contributed by atoms with E-state index in [2.05, 4.69) is 42.9 Å². The van der Waals surface area contributed by atoms with Gasteiger partial charge in [0.25, 0.3) is 0 Å². The zero-order chi connectivity index (χ0) is 13.8. The number of hydrogen-bond acceptors (Lipinski definition) is 2. The molecule has 0 aromatic carbocycles. The second-order valence-electron chi connectivity index (χ2n) is 6.05. The number of nitrogens with one attached hydrogen (secondary N) is 1. The third-order valence-electron chi connectivity index (χ3n) is 4.30. The quantitative estimate of drug-likeness (QED) is 0.343. The number of aliphatic imine (C=N–C) groups is 1. The lowest BCUT2D eigenvalue weighted by atomic mass is 9.65. The summed E-state index contributed by atoms with van der Waals surface area (Å²) in [5, 5.41) is 3.42. The molecule has 19 heavy (non-hydrogen) atoms. The molecule has 114 valence electrons. The van der Waals surface area contributed by atoms with Crippen molar-refractivity contribution in [3.8, 4) is 0 Å². The number of likely N-dealkylation sites (tertiary alicyclic amines) is 1. The van der Waals surface area contributed by atoms with E-state index >= 15 is 0 Å². The van der Waals surface area contributed by atoms with E-state index in [0.29, 0.717) is 5.41 Å². The molecule has 1 heterocycles. The summed E-state index contributed by atoms with van der Waals surface area (Å²) in [7, 11) is 1.85. The molecule has 5 heteroatoms. The Balaban J connectivity index is 0.00000324. The van der Waals surface area contributed by atoms with Crippen molar-refractivity contribution in [2.24, 2.45) is 10.4 Å². The largest absolute Gasteiger partial charge is 0.382 e. The Labute approximate surface area is 135 Å². The van der Waals surface area contributed by atoms with Crippen LogP contribution in [-0.4, -0.2) is 49.7 Å². The van der Waals surface area contributed by atoms with E-state index in [1.807, 2.05) is 14.0 Å². The van der Waals surface area contributed by atoms with E-state index in [1.165, 1.54) is 0 Å². The lowest BCUT2D eigenvalue weighted by Gasteiger charge is -2.62. The minimum absolute atomic E-state index is 0. The Bertz CT molecular complexity index is 303. The van der Waals surface area contributed by atoms with Crippen molar-refractivity contribution in [1.29, 1.82) is 0 Å². The smallest absolute Gasteiger partial charge is 0.194 e. The van der Waals surface area contributed by atoms with Crippen LogP contribution in [0.4, 0.5) is 0 Å². The van der Waals surface area contributed by atoms with Crippen LogP contribution in [0, 0.1) is 5.41 Å². The number of rotatable bonds is 5. The Hall–Kier alpha value is -0.0400. The van der Waals surface area contributed by atoms with Gasteiger partial charge in [0.1, 0.15) is 0 Å². The summed E-state index contributed by atoms with van der Waals surface area (Å²) in [5.74, 6) is 1.01. The molecular formula is C14H30IN3O. The van der Waals surface area contributed by atoms with Crippen LogP contribution in [0.3, 0.4) is 0 Å². The first-order chi connectivity index (χ1) is 8.36. The minimum Gasteiger partial charge on any atom is -0.382 e. The van der Waals surface area contributed by atoms with Crippen LogP contribution in [0.5, 0.6) is 0 Å². The summed E-state index contributed by atoms with van der Waals surface area (Å²) in [6, 6.07) is 0. The van der Waals surface area contributed by atoms with Crippen molar-refractivity contribution in [2.75, 3.05) is 33.4 Å². The van der Waals surface area contributed by atoms with Gasteiger partial charge in [-0.3, -0.25) is 4.99 Å². The normalized spacial score (nSPS) is 20.5. The summed E-state index contributed by atoms with van der Waals surface area (Å²) in [6.07, 6.45) is 1.02. The zero-order valence-electron chi connectivity index (χ0n) is 13.2. The maximum Gasteiger partial charge on any atom is 0.194 e. The monoisotopic (exact) mass is 383 g/mol. The molecule has 0 atom stereocenters. The molecule has 4 nitrogen and oxygen atoms in total. The first-order valence-corrected chi connectivity index (χ1v) is 6.93. The van der Waals surface area contributed by atoms with Gasteiger partial charge in [0, 0.05) is 44.3 Å². The van der Waals surface area contributed by atoms with Crippen molar-refractivity contribution < 1.29 is 4.74 Å². The zero-order valence-corrected chi connectivity index (χ0v) is 15.6. The molecule has 1 aliphatic rings. The predicted octanol–water partition coefficient (Wildman–Crippen LogP) is 2.73. The van der Waals surface area contributed by atoms with Gasteiger partial charge in [0.05, 0.1) is 0 Å². The standard InChI is InChI=1S/C14H29N3O.HI/c1-7-18-10-8-9-16-12(15-6)17-11-13(2,3)14(17,4)5;/h7-11H2,1-6H3,(H,15,16);1H. The highest BCUT2D eigenvalue weighted by molar-refractivity contribution is 14.0. The highest BCUT2D eigenvalue weighted by Gasteiger charge is 2.53.